The van der Waals surface area contributed by atoms with Gasteiger partial charge in [-0.3, -0.25) is 14.6 Å². The number of halogens is 4. The Hall–Kier alpha value is -3.59. The van der Waals surface area contributed by atoms with E-state index in [9.17, 15) is 22.8 Å². The Morgan fingerprint density at radius 3 is 2.51 bits per heavy atom. The molecule has 5 rings (SSSR count). The van der Waals surface area contributed by atoms with Gasteiger partial charge >= 0.3 is 6.18 Å². The van der Waals surface area contributed by atoms with Gasteiger partial charge in [0.05, 0.1) is 16.5 Å². The van der Waals surface area contributed by atoms with Crippen molar-refractivity contribution in [1.82, 2.24) is 15.2 Å². The summed E-state index contributed by atoms with van der Waals surface area (Å²) in [6.07, 6.45) is 0.981. The van der Waals surface area contributed by atoms with E-state index in [-0.39, 0.29) is 18.5 Å². The van der Waals surface area contributed by atoms with Gasteiger partial charge in [-0.05, 0) is 48.1 Å². The Morgan fingerprint density at radius 1 is 1.07 bits per heavy atom. The minimum atomic E-state index is -4.49. The minimum absolute atomic E-state index is 0.0526. The Labute approximate surface area is 242 Å². The number of carbonyl (C=O) groups excluding carboxylic acids is 2. The Kier molecular flexibility index (Phi) is 8.54. The van der Waals surface area contributed by atoms with Crippen LogP contribution in [0.4, 0.5) is 18.9 Å². The minimum Gasteiger partial charge on any atom is -0.371 e. The largest absolute Gasteiger partial charge is 0.406 e. The number of nitrogens with zero attached hydrogens (tertiary/aromatic N) is 3. The molecular weight excluding hydrogens is 553 g/mol. The summed E-state index contributed by atoms with van der Waals surface area (Å²) in [5, 5.41) is 3.38. The van der Waals surface area contributed by atoms with Crippen LogP contribution in [-0.4, -0.2) is 60.1 Å². The van der Waals surface area contributed by atoms with Crippen molar-refractivity contribution < 1.29 is 22.8 Å². The summed E-state index contributed by atoms with van der Waals surface area (Å²) < 4.78 is 40.7. The number of anilines is 1. The number of hydrogen-bond acceptors (Lipinski definition) is 4. The zero-order chi connectivity index (χ0) is 29.1. The molecule has 216 valence electrons. The van der Waals surface area contributed by atoms with E-state index in [4.69, 9.17) is 11.6 Å². The third kappa shape index (κ3) is 6.20. The molecule has 2 aliphatic rings. The third-order valence-corrected chi connectivity index (χ3v) is 8.16. The maximum absolute atomic E-state index is 14.0. The van der Waals surface area contributed by atoms with Gasteiger partial charge in [0, 0.05) is 49.3 Å². The highest BCUT2D eigenvalue weighted by molar-refractivity contribution is 6.33. The molecule has 0 saturated carbocycles. The number of aromatic nitrogens is 1. The van der Waals surface area contributed by atoms with Gasteiger partial charge in [0.15, 0.2) is 0 Å². The lowest BCUT2D eigenvalue weighted by Gasteiger charge is -2.36. The fraction of sp³-hybridized carbons (Fsp3) is 0.387. The predicted octanol–water partition coefficient (Wildman–Crippen LogP) is 6.44. The SMILES string of the molecule is CCCCN(CC(F)(F)F)C(=O)C1c2ccccc2-c2cccc(N3CCC(NC(=O)c4cnccc4Cl)CC3)c21. The number of rotatable bonds is 8. The summed E-state index contributed by atoms with van der Waals surface area (Å²) in [6.45, 7) is 1.90. The van der Waals surface area contributed by atoms with E-state index in [1.807, 2.05) is 49.4 Å². The fourth-order valence-corrected chi connectivity index (χ4v) is 6.05. The molecule has 2 amide bonds. The smallest absolute Gasteiger partial charge is 0.371 e. The highest BCUT2D eigenvalue weighted by atomic mass is 35.5. The van der Waals surface area contributed by atoms with Crippen LogP contribution >= 0.6 is 11.6 Å². The van der Waals surface area contributed by atoms with Crippen molar-refractivity contribution in [2.24, 2.45) is 0 Å². The van der Waals surface area contributed by atoms with E-state index in [0.29, 0.717) is 49.4 Å². The Balaban J connectivity index is 1.40. The number of pyridine rings is 1. The zero-order valence-electron chi connectivity index (χ0n) is 22.8. The van der Waals surface area contributed by atoms with Gasteiger partial charge in [0.1, 0.15) is 6.54 Å². The number of amides is 2. The van der Waals surface area contributed by atoms with Crippen molar-refractivity contribution in [3.8, 4) is 11.1 Å². The third-order valence-electron chi connectivity index (χ3n) is 7.83. The number of unbranched alkanes of at least 4 members (excludes halogenated alkanes) is 1. The van der Waals surface area contributed by atoms with Gasteiger partial charge < -0.3 is 15.1 Å². The molecule has 2 heterocycles. The first-order valence-corrected chi connectivity index (χ1v) is 14.3. The monoisotopic (exact) mass is 584 g/mol. The molecule has 1 N–H and O–H groups in total. The molecule has 1 aromatic heterocycles. The van der Waals surface area contributed by atoms with Crippen molar-refractivity contribution in [2.75, 3.05) is 31.1 Å². The highest BCUT2D eigenvalue weighted by Gasteiger charge is 2.42. The van der Waals surface area contributed by atoms with Crippen LogP contribution in [-0.2, 0) is 4.79 Å². The van der Waals surface area contributed by atoms with Crippen LogP contribution in [0.15, 0.2) is 60.9 Å². The molecule has 1 aliphatic heterocycles. The lowest BCUT2D eigenvalue weighted by Crippen LogP contribution is -2.45. The summed E-state index contributed by atoms with van der Waals surface area (Å²) in [6, 6.07) is 14.8. The van der Waals surface area contributed by atoms with Crippen LogP contribution in [0.1, 0.15) is 60.0 Å². The molecule has 2 aromatic carbocycles. The standard InChI is InChI=1S/C31H32ClF3N4O2/c1-2-3-15-39(19-31(33,34)35)30(41)28-23-8-5-4-7-21(23)22-9-6-10-26(27(22)28)38-16-12-20(13-17-38)37-29(40)24-18-36-14-11-25(24)32/h4-11,14,18,20,28H,2-3,12-13,15-17,19H2,1H3,(H,37,40). The van der Waals surface area contributed by atoms with Gasteiger partial charge in [-0.15, -0.1) is 0 Å². The van der Waals surface area contributed by atoms with Crippen molar-refractivity contribution in [3.63, 3.8) is 0 Å². The van der Waals surface area contributed by atoms with Gasteiger partial charge in [-0.2, -0.15) is 13.2 Å². The van der Waals surface area contributed by atoms with E-state index >= 15 is 0 Å². The Morgan fingerprint density at radius 2 is 1.80 bits per heavy atom. The maximum atomic E-state index is 14.0. The van der Waals surface area contributed by atoms with Crippen LogP contribution in [0, 0.1) is 0 Å². The van der Waals surface area contributed by atoms with E-state index in [2.05, 4.69) is 15.2 Å². The second-order valence-corrected chi connectivity index (χ2v) is 11.0. The number of hydrogen-bond donors (Lipinski definition) is 1. The average molecular weight is 585 g/mol. The molecule has 0 spiro atoms. The van der Waals surface area contributed by atoms with Crippen molar-refractivity contribution in [2.45, 2.75) is 50.7 Å². The zero-order valence-corrected chi connectivity index (χ0v) is 23.5. The molecule has 1 aliphatic carbocycles. The average Bonchev–Trinajstić information content (AvgIpc) is 3.29. The fourth-order valence-electron chi connectivity index (χ4n) is 5.86. The number of benzene rings is 2. The first-order chi connectivity index (χ1) is 19.7. The molecule has 1 saturated heterocycles. The lowest BCUT2D eigenvalue weighted by molar-refractivity contribution is -0.161. The maximum Gasteiger partial charge on any atom is 0.406 e. The first-order valence-electron chi connectivity index (χ1n) is 13.9. The van der Waals surface area contributed by atoms with Gasteiger partial charge in [0.25, 0.3) is 5.91 Å². The number of fused-ring (bicyclic) bond motifs is 3. The molecule has 41 heavy (non-hydrogen) atoms. The highest BCUT2D eigenvalue weighted by Crippen LogP contribution is 2.50. The number of alkyl halides is 3. The molecule has 10 heteroatoms. The summed E-state index contributed by atoms with van der Waals surface area (Å²) in [5.74, 6) is -1.62. The van der Waals surface area contributed by atoms with E-state index in [0.717, 1.165) is 32.8 Å². The molecule has 1 atom stereocenters. The van der Waals surface area contributed by atoms with E-state index < -0.39 is 24.5 Å². The summed E-state index contributed by atoms with van der Waals surface area (Å²) in [7, 11) is 0. The van der Waals surface area contributed by atoms with Crippen molar-refractivity contribution in [1.29, 1.82) is 0 Å². The van der Waals surface area contributed by atoms with Crippen molar-refractivity contribution >= 4 is 29.1 Å². The van der Waals surface area contributed by atoms with Crippen molar-refractivity contribution in [3.05, 3.63) is 82.6 Å². The van der Waals surface area contributed by atoms with E-state index in [1.165, 1.54) is 12.4 Å². The molecular formula is C31H32ClF3N4O2. The Bertz CT molecular complexity index is 1420. The molecule has 1 fully saturated rings. The summed E-state index contributed by atoms with van der Waals surface area (Å²) in [4.78, 5) is 33.8. The van der Waals surface area contributed by atoms with Crippen LogP contribution in [0.3, 0.4) is 0 Å². The quantitative estimate of drug-likeness (QED) is 0.331. The van der Waals surface area contributed by atoms with Crippen LogP contribution in [0.25, 0.3) is 11.1 Å². The van der Waals surface area contributed by atoms with Crippen LogP contribution in [0.2, 0.25) is 5.02 Å². The normalized spacial score (nSPS) is 16.7. The summed E-state index contributed by atoms with van der Waals surface area (Å²) in [5.41, 5.74) is 4.41. The predicted molar refractivity (Wildman–Crippen MR) is 153 cm³/mol. The molecule has 6 nitrogen and oxygen atoms in total. The van der Waals surface area contributed by atoms with Gasteiger partial charge in [-0.1, -0.05) is 61.3 Å². The molecule has 3 aromatic rings. The van der Waals surface area contributed by atoms with Gasteiger partial charge in [0.2, 0.25) is 5.91 Å². The second kappa shape index (κ2) is 12.1. The second-order valence-electron chi connectivity index (χ2n) is 10.6. The first kappa shape index (κ1) is 28.9. The number of carbonyl (C=O) groups is 2. The number of nitrogens with one attached hydrogen (secondary N) is 1. The molecule has 0 bridgehead atoms. The van der Waals surface area contributed by atoms with Crippen LogP contribution in [0.5, 0.6) is 0 Å². The number of piperidine rings is 1. The van der Waals surface area contributed by atoms with Gasteiger partial charge in [-0.25, -0.2) is 0 Å². The molecule has 0 radical (unpaired) electrons. The van der Waals surface area contributed by atoms with E-state index in [1.54, 1.807) is 6.07 Å². The lowest BCUT2D eigenvalue weighted by atomic mass is 9.92. The molecule has 1 unspecified atom stereocenters. The van der Waals surface area contributed by atoms with Crippen LogP contribution < -0.4 is 10.2 Å². The summed E-state index contributed by atoms with van der Waals surface area (Å²) >= 11 is 6.15. The topological polar surface area (TPSA) is 65.5 Å².